The smallest absolute Gasteiger partial charge is 0.200 e. The van der Waals surface area contributed by atoms with Crippen molar-refractivity contribution >= 4 is 33.3 Å². The first-order valence-corrected chi connectivity index (χ1v) is 6.87. The van der Waals surface area contributed by atoms with Crippen LogP contribution in [0.3, 0.4) is 0 Å². The highest BCUT2D eigenvalue weighted by Gasteiger charge is 2.10. The normalized spacial score (nSPS) is 10.2. The lowest BCUT2D eigenvalue weighted by Crippen LogP contribution is -2.11. The average molecular weight is 357 g/mol. The maximum absolute atomic E-state index is 12.0. The summed E-state index contributed by atoms with van der Waals surface area (Å²) >= 11 is 9.12. The molecule has 0 amide bonds. The second-order valence-corrected chi connectivity index (χ2v) is 5.19. The van der Waals surface area contributed by atoms with Crippen LogP contribution in [0.25, 0.3) is 0 Å². The van der Waals surface area contributed by atoms with Crippen LogP contribution in [0.4, 0.5) is 0 Å². The predicted octanol–water partition coefficient (Wildman–Crippen LogP) is 3.77. The van der Waals surface area contributed by atoms with E-state index in [0.29, 0.717) is 22.1 Å². The summed E-state index contributed by atoms with van der Waals surface area (Å²) < 4.78 is 11.2. The number of ketones is 1. The van der Waals surface area contributed by atoms with Gasteiger partial charge in [0.05, 0.1) is 22.8 Å². The Morgan fingerprint density at radius 2 is 2.15 bits per heavy atom. The number of nitrogens with zero attached hydrogens (tertiary/aromatic N) is 1. The number of hydrogen-bond acceptors (Lipinski definition) is 4. The summed E-state index contributed by atoms with van der Waals surface area (Å²) in [4.78, 5) is 15.9. The molecule has 1 heterocycles. The molecule has 0 bridgehead atoms. The molecule has 0 spiro atoms. The number of ether oxygens (including phenoxy) is 2. The van der Waals surface area contributed by atoms with Gasteiger partial charge >= 0.3 is 0 Å². The van der Waals surface area contributed by atoms with E-state index in [4.69, 9.17) is 21.1 Å². The molecule has 104 valence electrons. The van der Waals surface area contributed by atoms with Crippen molar-refractivity contribution in [1.29, 1.82) is 0 Å². The third kappa shape index (κ3) is 3.71. The highest BCUT2D eigenvalue weighted by molar-refractivity contribution is 9.10. The summed E-state index contributed by atoms with van der Waals surface area (Å²) in [6.07, 6.45) is 3.00. The van der Waals surface area contributed by atoms with E-state index >= 15 is 0 Å². The third-order valence-corrected chi connectivity index (χ3v) is 3.35. The number of carbonyl (C=O) groups excluding carboxylic acids is 1. The number of aromatic nitrogens is 1. The van der Waals surface area contributed by atoms with E-state index in [1.165, 1.54) is 12.4 Å². The van der Waals surface area contributed by atoms with Gasteiger partial charge in [0.1, 0.15) is 11.5 Å². The van der Waals surface area contributed by atoms with Gasteiger partial charge in [0.2, 0.25) is 0 Å². The van der Waals surface area contributed by atoms with E-state index in [2.05, 4.69) is 20.9 Å². The van der Waals surface area contributed by atoms with Gasteiger partial charge in [-0.15, -0.1) is 0 Å². The van der Waals surface area contributed by atoms with E-state index in [1.54, 1.807) is 31.4 Å². The van der Waals surface area contributed by atoms with Crippen LogP contribution in [-0.4, -0.2) is 24.5 Å². The van der Waals surface area contributed by atoms with Crippen LogP contribution in [0, 0.1) is 0 Å². The molecule has 0 saturated carbocycles. The van der Waals surface area contributed by atoms with Crippen LogP contribution in [0.5, 0.6) is 11.5 Å². The van der Waals surface area contributed by atoms with Crippen LogP contribution < -0.4 is 9.47 Å². The molecule has 0 aliphatic carbocycles. The minimum atomic E-state index is -0.145. The molecular weight excluding hydrogens is 346 g/mol. The number of rotatable bonds is 5. The zero-order chi connectivity index (χ0) is 14.5. The van der Waals surface area contributed by atoms with Crippen molar-refractivity contribution in [2.75, 3.05) is 13.7 Å². The minimum absolute atomic E-state index is 0.0825. The molecule has 4 nitrogen and oxygen atoms in total. The zero-order valence-electron chi connectivity index (χ0n) is 10.6. The van der Waals surface area contributed by atoms with Crippen LogP contribution in [0.15, 0.2) is 41.1 Å². The fourth-order valence-electron chi connectivity index (χ4n) is 1.54. The summed E-state index contributed by atoms with van der Waals surface area (Å²) in [6, 6.07) is 6.70. The molecule has 2 aromatic rings. The minimum Gasteiger partial charge on any atom is -0.496 e. The topological polar surface area (TPSA) is 48.4 Å². The molecule has 0 unspecified atom stereocenters. The molecule has 0 radical (unpaired) electrons. The van der Waals surface area contributed by atoms with Crippen LogP contribution >= 0.6 is 27.5 Å². The largest absolute Gasteiger partial charge is 0.496 e. The van der Waals surface area contributed by atoms with E-state index in [-0.39, 0.29) is 12.4 Å². The Kier molecular flexibility index (Phi) is 4.98. The summed E-state index contributed by atoms with van der Waals surface area (Å²) in [5, 5.41) is 0.460. The van der Waals surface area contributed by atoms with Gasteiger partial charge in [-0.1, -0.05) is 11.6 Å². The second-order valence-electron chi connectivity index (χ2n) is 3.90. The Labute approximate surface area is 129 Å². The molecule has 20 heavy (non-hydrogen) atoms. The van der Waals surface area contributed by atoms with Gasteiger partial charge in [0.25, 0.3) is 0 Å². The van der Waals surface area contributed by atoms with Crippen molar-refractivity contribution in [3.8, 4) is 11.5 Å². The number of pyridine rings is 1. The fraction of sp³-hybridized carbons (Fsp3) is 0.143. The molecule has 6 heteroatoms. The summed E-state index contributed by atoms with van der Waals surface area (Å²) in [5.74, 6) is 0.980. The van der Waals surface area contributed by atoms with Gasteiger partial charge in [-0.3, -0.25) is 9.78 Å². The van der Waals surface area contributed by atoms with Crippen molar-refractivity contribution in [3.05, 3.63) is 51.7 Å². The van der Waals surface area contributed by atoms with Crippen molar-refractivity contribution < 1.29 is 14.3 Å². The monoisotopic (exact) mass is 355 g/mol. The highest BCUT2D eigenvalue weighted by Crippen LogP contribution is 2.25. The Bertz CT molecular complexity index is 634. The summed E-state index contributed by atoms with van der Waals surface area (Å²) in [6.45, 7) is -0.0825. The Morgan fingerprint density at radius 1 is 1.35 bits per heavy atom. The van der Waals surface area contributed by atoms with Gasteiger partial charge in [0.15, 0.2) is 12.4 Å². The quantitative estimate of drug-likeness (QED) is 0.765. The molecule has 0 aliphatic heterocycles. The number of benzene rings is 1. The zero-order valence-corrected chi connectivity index (χ0v) is 12.9. The SMILES string of the molecule is COc1ccc(C(=O)COc2cncc(Cl)c2)cc1Br. The Morgan fingerprint density at radius 3 is 2.80 bits per heavy atom. The molecule has 0 atom stereocenters. The molecule has 1 aromatic heterocycles. The van der Waals surface area contributed by atoms with E-state index in [9.17, 15) is 4.79 Å². The second kappa shape index (κ2) is 6.72. The number of methoxy groups -OCH3 is 1. The summed E-state index contributed by atoms with van der Waals surface area (Å²) in [5.41, 5.74) is 0.535. The lowest BCUT2D eigenvalue weighted by molar-refractivity contribution is 0.0921. The first kappa shape index (κ1) is 14.8. The average Bonchev–Trinajstić information content (AvgIpc) is 2.44. The van der Waals surface area contributed by atoms with Crippen LogP contribution in [-0.2, 0) is 0 Å². The van der Waals surface area contributed by atoms with Crippen LogP contribution in [0.2, 0.25) is 5.02 Å². The Balaban J connectivity index is 2.03. The lowest BCUT2D eigenvalue weighted by Gasteiger charge is -2.07. The van der Waals surface area contributed by atoms with Gasteiger partial charge in [-0.05, 0) is 34.1 Å². The molecule has 0 fully saturated rings. The van der Waals surface area contributed by atoms with Gasteiger partial charge in [0, 0.05) is 17.8 Å². The maximum Gasteiger partial charge on any atom is 0.200 e. The molecule has 0 aliphatic rings. The van der Waals surface area contributed by atoms with E-state index in [1.807, 2.05) is 0 Å². The predicted molar refractivity (Wildman–Crippen MR) is 79.8 cm³/mol. The number of Topliss-reactive ketones (excluding diaryl/α,β-unsaturated/α-hetero) is 1. The fourth-order valence-corrected chi connectivity index (χ4v) is 2.25. The maximum atomic E-state index is 12.0. The molecule has 0 saturated heterocycles. The number of halogens is 2. The molecule has 0 N–H and O–H groups in total. The molecule has 2 rings (SSSR count). The standard InChI is InChI=1S/C14H11BrClNO3/c1-19-14-3-2-9(4-12(14)15)13(18)8-20-11-5-10(16)6-17-7-11/h2-7H,8H2,1H3. The van der Waals surface area contributed by atoms with Crippen molar-refractivity contribution in [2.45, 2.75) is 0 Å². The number of hydrogen-bond donors (Lipinski definition) is 0. The number of carbonyl (C=O) groups is 1. The van der Waals surface area contributed by atoms with Gasteiger partial charge in [-0.2, -0.15) is 0 Å². The summed E-state index contributed by atoms with van der Waals surface area (Å²) in [7, 11) is 1.57. The van der Waals surface area contributed by atoms with Crippen molar-refractivity contribution in [1.82, 2.24) is 4.98 Å². The van der Waals surface area contributed by atoms with Crippen LogP contribution in [0.1, 0.15) is 10.4 Å². The molecular formula is C14H11BrClNO3. The third-order valence-electron chi connectivity index (χ3n) is 2.52. The highest BCUT2D eigenvalue weighted by atomic mass is 79.9. The van der Waals surface area contributed by atoms with Crippen molar-refractivity contribution in [3.63, 3.8) is 0 Å². The van der Waals surface area contributed by atoms with E-state index < -0.39 is 0 Å². The van der Waals surface area contributed by atoms with E-state index in [0.717, 1.165) is 4.47 Å². The lowest BCUT2D eigenvalue weighted by atomic mass is 10.1. The van der Waals surface area contributed by atoms with Crippen molar-refractivity contribution in [2.24, 2.45) is 0 Å². The first-order valence-electron chi connectivity index (χ1n) is 5.70. The van der Waals surface area contributed by atoms with Gasteiger partial charge < -0.3 is 9.47 Å². The van der Waals surface area contributed by atoms with Gasteiger partial charge in [-0.25, -0.2) is 0 Å². The Hall–Kier alpha value is -1.59. The molecule has 1 aromatic carbocycles. The first-order chi connectivity index (χ1) is 9.60.